The van der Waals surface area contributed by atoms with Crippen LogP contribution in [0.5, 0.6) is 0 Å². The predicted octanol–water partition coefficient (Wildman–Crippen LogP) is 5.55. The van der Waals surface area contributed by atoms with Crippen molar-refractivity contribution in [1.82, 2.24) is 0 Å². The Morgan fingerprint density at radius 1 is 1.05 bits per heavy atom. The third kappa shape index (κ3) is 6.74. The van der Waals surface area contributed by atoms with E-state index in [9.17, 15) is 4.79 Å². The van der Waals surface area contributed by atoms with Crippen molar-refractivity contribution in [2.75, 3.05) is 13.2 Å². The van der Waals surface area contributed by atoms with Crippen molar-refractivity contribution in [3.8, 4) is 0 Å². The first kappa shape index (κ1) is 17.5. The summed E-state index contributed by atoms with van der Waals surface area (Å²) in [5.74, 6) is -0.0606. The Morgan fingerprint density at radius 3 is 2.45 bits per heavy atom. The highest BCUT2D eigenvalue weighted by molar-refractivity contribution is 6.42. The quantitative estimate of drug-likeness (QED) is 0.417. The molecule has 2 nitrogen and oxygen atoms in total. The molecular weight excluding hydrogens is 295 g/mol. The van der Waals surface area contributed by atoms with Crippen molar-refractivity contribution in [3.63, 3.8) is 0 Å². The van der Waals surface area contributed by atoms with Gasteiger partial charge in [-0.25, -0.2) is 0 Å². The van der Waals surface area contributed by atoms with Gasteiger partial charge in [-0.3, -0.25) is 4.79 Å². The fraction of sp³-hybridized carbons (Fsp3) is 0.562. The van der Waals surface area contributed by atoms with Gasteiger partial charge in [0.05, 0.1) is 10.0 Å². The zero-order valence-electron chi connectivity index (χ0n) is 12.0. The first-order chi connectivity index (χ1) is 9.65. The van der Waals surface area contributed by atoms with Crippen LogP contribution in [-0.4, -0.2) is 19.0 Å². The van der Waals surface area contributed by atoms with Gasteiger partial charge in [-0.1, -0.05) is 62.2 Å². The SMILES string of the molecule is CCCCCCCCOCC(=O)c1ccc(Cl)c(Cl)c1. The number of halogens is 2. The lowest BCUT2D eigenvalue weighted by Gasteiger charge is -2.05. The van der Waals surface area contributed by atoms with Crippen molar-refractivity contribution in [2.45, 2.75) is 45.4 Å². The Bertz CT molecular complexity index is 419. The number of carbonyl (C=O) groups excluding carboxylic acids is 1. The Hall–Kier alpha value is -0.570. The molecule has 0 aromatic heterocycles. The van der Waals surface area contributed by atoms with Gasteiger partial charge in [-0.2, -0.15) is 0 Å². The van der Waals surface area contributed by atoms with Crippen LogP contribution in [0.1, 0.15) is 55.8 Å². The number of hydrogen-bond donors (Lipinski definition) is 0. The third-order valence-electron chi connectivity index (χ3n) is 3.12. The van der Waals surface area contributed by atoms with Gasteiger partial charge < -0.3 is 4.74 Å². The Balaban J connectivity index is 2.15. The van der Waals surface area contributed by atoms with Gasteiger partial charge >= 0.3 is 0 Å². The van der Waals surface area contributed by atoms with Crippen LogP contribution in [0.4, 0.5) is 0 Å². The maximum Gasteiger partial charge on any atom is 0.188 e. The van der Waals surface area contributed by atoms with Crippen molar-refractivity contribution in [3.05, 3.63) is 33.8 Å². The standard InChI is InChI=1S/C16H22Cl2O2/c1-2-3-4-5-6-7-10-20-12-16(19)13-8-9-14(17)15(18)11-13/h8-9,11H,2-7,10,12H2,1H3. The highest BCUT2D eigenvalue weighted by Gasteiger charge is 2.08. The van der Waals surface area contributed by atoms with Crippen LogP contribution in [0.25, 0.3) is 0 Å². The maximum absolute atomic E-state index is 11.9. The summed E-state index contributed by atoms with van der Waals surface area (Å²) < 4.78 is 5.40. The predicted molar refractivity (Wildman–Crippen MR) is 85.0 cm³/mol. The minimum atomic E-state index is -0.0606. The molecule has 0 saturated heterocycles. The number of unbranched alkanes of at least 4 members (excludes halogenated alkanes) is 5. The molecule has 0 fully saturated rings. The van der Waals surface area contributed by atoms with E-state index in [1.54, 1.807) is 18.2 Å². The van der Waals surface area contributed by atoms with E-state index < -0.39 is 0 Å². The summed E-state index contributed by atoms with van der Waals surface area (Å²) in [4.78, 5) is 11.9. The number of benzene rings is 1. The average Bonchev–Trinajstić information content (AvgIpc) is 2.44. The van der Waals surface area contributed by atoms with E-state index in [2.05, 4.69) is 6.92 Å². The molecule has 0 aliphatic carbocycles. The molecule has 0 spiro atoms. The van der Waals surface area contributed by atoms with E-state index in [1.165, 1.54) is 32.1 Å². The van der Waals surface area contributed by atoms with Gasteiger partial charge in [0, 0.05) is 12.2 Å². The summed E-state index contributed by atoms with van der Waals surface area (Å²) in [5, 5.41) is 0.852. The van der Waals surface area contributed by atoms with E-state index in [0.717, 1.165) is 6.42 Å². The Kier molecular flexibility index (Phi) is 8.92. The molecule has 20 heavy (non-hydrogen) atoms. The van der Waals surface area contributed by atoms with Gasteiger partial charge in [-0.05, 0) is 24.6 Å². The number of carbonyl (C=O) groups is 1. The zero-order chi connectivity index (χ0) is 14.8. The zero-order valence-corrected chi connectivity index (χ0v) is 13.5. The number of rotatable bonds is 10. The van der Waals surface area contributed by atoms with Crippen molar-refractivity contribution in [1.29, 1.82) is 0 Å². The fourth-order valence-corrected chi connectivity index (χ4v) is 2.20. The second kappa shape index (κ2) is 10.2. The molecule has 0 aliphatic rings. The molecule has 0 bridgehead atoms. The van der Waals surface area contributed by atoms with E-state index in [0.29, 0.717) is 22.2 Å². The molecule has 0 N–H and O–H groups in total. The Labute approximate surface area is 131 Å². The van der Waals surface area contributed by atoms with E-state index in [1.807, 2.05) is 0 Å². The minimum absolute atomic E-state index is 0.0606. The summed E-state index contributed by atoms with van der Waals surface area (Å²) in [5.41, 5.74) is 0.544. The molecule has 1 rings (SSSR count). The molecule has 0 heterocycles. The average molecular weight is 317 g/mol. The van der Waals surface area contributed by atoms with Gasteiger partial charge in [-0.15, -0.1) is 0 Å². The molecule has 112 valence electrons. The number of ketones is 1. The van der Waals surface area contributed by atoms with Gasteiger partial charge in [0.15, 0.2) is 5.78 Å². The molecular formula is C16H22Cl2O2. The highest BCUT2D eigenvalue weighted by atomic mass is 35.5. The molecule has 0 radical (unpaired) electrons. The number of ether oxygens (including phenoxy) is 1. The van der Waals surface area contributed by atoms with Crippen molar-refractivity contribution in [2.24, 2.45) is 0 Å². The van der Waals surface area contributed by atoms with Crippen LogP contribution in [-0.2, 0) is 4.74 Å². The van der Waals surface area contributed by atoms with Crippen molar-refractivity contribution < 1.29 is 9.53 Å². The molecule has 0 atom stereocenters. The number of hydrogen-bond acceptors (Lipinski definition) is 2. The van der Waals surface area contributed by atoms with Gasteiger partial charge in [0.1, 0.15) is 6.61 Å². The smallest absolute Gasteiger partial charge is 0.188 e. The van der Waals surface area contributed by atoms with Crippen LogP contribution >= 0.6 is 23.2 Å². The van der Waals surface area contributed by atoms with Gasteiger partial charge in [0.2, 0.25) is 0 Å². The van der Waals surface area contributed by atoms with E-state index in [4.69, 9.17) is 27.9 Å². The van der Waals surface area contributed by atoms with Crippen LogP contribution < -0.4 is 0 Å². The van der Waals surface area contributed by atoms with Gasteiger partial charge in [0.25, 0.3) is 0 Å². The maximum atomic E-state index is 11.9. The summed E-state index contributed by atoms with van der Waals surface area (Å²) in [6, 6.07) is 4.88. The molecule has 0 unspecified atom stereocenters. The molecule has 0 saturated carbocycles. The Morgan fingerprint density at radius 2 is 1.75 bits per heavy atom. The summed E-state index contributed by atoms with van der Waals surface area (Å²) in [7, 11) is 0. The van der Waals surface area contributed by atoms with E-state index in [-0.39, 0.29) is 12.4 Å². The lowest BCUT2D eigenvalue weighted by atomic mass is 10.1. The second-order valence-corrected chi connectivity index (χ2v) is 5.69. The summed E-state index contributed by atoms with van der Waals surface area (Å²) in [6.45, 7) is 2.95. The monoisotopic (exact) mass is 316 g/mol. The van der Waals surface area contributed by atoms with Crippen LogP contribution in [0, 0.1) is 0 Å². The lowest BCUT2D eigenvalue weighted by Crippen LogP contribution is -2.09. The molecule has 1 aromatic rings. The van der Waals surface area contributed by atoms with E-state index >= 15 is 0 Å². The second-order valence-electron chi connectivity index (χ2n) is 4.87. The number of Topliss-reactive ketones (excluding diaryl/α,β-unsaturated/α-hetero) is 1. The third-order valence-corrected chi connectivity index (χ3v) is 3.86. The first-order valence-corrected chi connectivity index (χ1v) is 7.96. The normalized spacial score (nSPS) is 10.8. The summed E-state index contributed by atoms with van der Waals surface area (Å²) in [6.07, 6.45) is 7.28. The first-order valence-electron chi connectivity index (χ1n) is 7.21. The topological polar surface area (TPSA) is 26.3 Å². The highest BCUT2D eigenvalue weighted by Crippen LogP contribution is 2.22. The van der Waals surface area contributed by atoms with Crippen LogP contribution in [0.2, 0.25) is 10.0 Å². The summed E-state index contributed by atoms with van der Waals surface area (Å²) >= 11 is 11.7. The fourth-order valence-electron chi connectivity index (χ4n) is 1.90. The molecule has 4 heteroatoms. The van der Waals surface area contributed by atoms with Crippen LogP contribution in [0.15, 0.2) is 18.2 Å². The van der Waals surface area contributed by atoms with Crippen LogP contribution in [0.3, 0.4) is 0 Å². The largest absolute Gasteiger partial charge is 0.373 e. The molecule has 0 amide bonds. The molecule has 0 aliphatic heterocycles. The molecule has 1 aromatic carbocycles. The van der Waals surface area contributed by atoms with Crippen molar-refractivity contribution >= 4 is 29.0 Å². The minimum Gasteiger partial charge on any atom is -0.373 e. The lowest BCUT2D eigenvalue weighted by molar-refractivity contribution is 0.0752.